The standard InChI is InChI=1S/C18H15ClN4O4S/c1-18-14(16(24)20-10-4-2-9(19)3-5-10)15(21-17(28)22-18)12-8-11(23(25)26)6-7-13(12)27-18/h2-8,14-15H,1H3,(H,20,24)(H2,21,22,28)/t14-,15-,18-/m1/s1. The molecular weight excluding hydrogens is 404 g/mol. The number of thiocarbonyl (C=S) groups is 1. The van der Waals surface area contributed by atoms with Crippen molar-refractivity contribution in [2.24, 2.45) is 5.92 Å². The molecule has 8 nitrogen and oxygen atoms in total. The van der Waals surface area contributed by atoms with Gasteiger partial charge in [-0.3, -0.25) is 14.9 Å². The van der Waals surface area contributed by atoms with Crippen LogP contribution in [-0.4, -0.2) is 21.7 Å². The van der Waals surface area contributed by atoms with Crippen molar-refractivity contribution in [3.8, 4) is 5.75 Å². The fraction of sp³-hybridized carbons (Fsp3) is 0.222. The van der Waals surface area contributed by atoms with Crippen molar-refractivity contribution in [2.75, 3.05) is 5.32 Å². The van der Waals surface area contributed by atoms with E-state index in [-0.39, 0.29) is 11.6 Å². The molecule has 2 aromatic carbocycles. The highest BCUT2D eigenvalue weighted by Gasteiger charge is 2.55. The Morgan fingerprint density at radius 3 is 2.71 bits per heavy atom. The molecule has 1 amide bonds. The minimum atomic E-state index is -1.12. The predicted molar refractivity (Wildman–Crippen MR) is 107 cm³/mol. The lowest BCUT2D eigenvalue weighted by molar-refractivity contribution is -0.385. The number of ether oxygens (including phenoxy) is 1. The number of benzene rings is 2. The van der Waals surface area contributed by atoms with E-state index >= 15 is 0 Å². The highest BCUT2D eigenvalue weighted by Crippen LogP contribution is 2.46. The molecule has 28 heavy (non-hydrogen) atoms. The molecule has 1 saturated heterocycles. The van der Waals surface area contributed by atoms with Gasteiger partial charge in [0.25, 0.3) is 5.69 Å². The van der Waals surface area contributed by atoms with Crippen LogP contribution >= 0.6 is 23.8 Å². The molecule has 3 N–H and O–H groups in total. The third-order valence-corrected chi connectivity index (χ3v) is 5.30. The van der Waals surface area contributed by atoms with Gasteiger partial charge in [-0.05, 0) is 49.5 Å². The number of carbonyl (C=O) groups excluding carboxylic acids is 1. The molecular formula is C18H15ClN4O4S. The monoisotopic (exact) mass is 418 g/mol. The van der Waals surface area contributed by atoms with E-state index in [2.05, 4.69) is 16.0 Å². The van der Waals surface area contributed by atoms with Gasteiger partial charge in [0.05, 0.1) is 11.0 Å². The number of rotatable bonds is 3. The van der Waals surface area contributed by atoms with Crippen molar-refractivity contribution in [3.63, 3.8) is 0 Å². The molecule has 2 aliphatic rings. The van der Waals surface area contributed by atoms with Crippen molar-refractivity contribution in [2.45, 2.75) is 18.7 Å². The molecule has 2 bridgehead atoms. The van der Waals surface area contributed by atoms with Gasteiger partial charge in [-0.25, -0.2) is 0 Å². The number of carbonyl (C=O) groups is 1. The van der Waals surface area contributed by atoms with Crippen molar-refractivity contribution in [1.82, 2.24) is 10.6 Å². The number of amides is 1. The molecule has 4 rings (SSSR count). The van der Waals surface area contributed by atoms with Crippen molar-refractivity contribution in [1.29, 1.82) is 0 Å². The van der Waals surface area contributed by atoms with Crippen LogP contribution in [0.15, 0.2) is 42.5 Å². The van der Waals surface area contributed by atoms with Gasteiger partial charge in [0, 0.05) is 28.4 Å². The molecule has 144 valence electrons. The Morgan fingerprint density at radius 2 is 2.04 bits per heavy atom. The fourth-order valence-corrected chi connectivity index (χ4v) is 4.05. The zero-order chi connectivity index (χ0) is 20.1. The maximum absolute atomic E-state index is 13.1. The number of non-ortho nitro benzene ring substituents is 1. The van der Waals surface area contributed by atoms with Gasteiger partial charge in [0.1, 0.15) is 11.7 Å². The smallest absolute Gasteiger partial charge is 0.270 e. The van der Waals surface area contributed by atoms with Gasteiger partial charge in [0.15, 0.2) is 10.8 Å². The third kappa shape index (κ3) is 3.12. The third-order valence-electron chi connectivity index (χ3n) is 4.83. The Hall–Kier alpha value is -2.91. The molecule has 0 radical (unpaired) electrons. The Morgan fingerprint density at radius 1 is 1.32 bits per heavy atom. The van der Waals surface area contributed by atoms with Gasteiger partial charge >= 0.3 is 0 Å². The number of nitro benzene ring substituents is 1. The van der Waals surface area contributed by atoms with E-state index in [9.17, 15) is 14.9 Å². The molecule has 0 spiro atoms. The van der Waals surface area contributed by atoms with Crippen LogP contribution in [0.3, 0.4) is 0 Å². The Bertz CT molecular complexity index is 1000. The molecule has 0 unspecified atom stereocenters. The summed E-state index contributed by atoms with van der Waals surface area (Å²) in [6.45, 7) is 1.73. The number of hydrogen-bond donors (Lipinski definition) is 3. The van der Waals surface area contributed by atoms with E-state index in [1.807, 2.05) is 0 Å². The average molecular weight is 419 g/mol. The van der Waals surface area contributed by atoms with E-state index in [1.54, 1.807) is 31.2 Å². The number of hydrogen-bond acceptors (Lipinski definition) is 5. The SMILES string of the molecule is C[C@@]12NC(=S)N[C@H](c3cc([N+](=O)[O-])ccc3O1)[C@@H]2C(=O)Nc1ccc(Cl)cc1. The lowest BCUT2D eigenvalue weighted by atomic mass is 9.79. The Labute approximate surface area is 170 Å². The van der Waals surface area contributed by atoms with Crippen LogP contribution in [0, 0.1) is 16.0 Å². The van der Waals surface area contributed by atoms with E-state index < -0.39 is 22.6 Å². The summed E-state index contributed by atoms with van der Waals surface area (Å²) in [5, 5.41) is 21.0. The number of halogens is 1. The summed E-state index contributed by atoms with van der Waals surface area (Å²) in [6.07, 6.45) is 0. The van der Waals surface area contributed by atoms with Crippen molar-refractivity contribution >= 4 is 46.2 Å². The summed E-state index contributed by atoms with van der Waals surface area (Å²) in [4.78, 5) is 23.8. The molecule has 2 aromatic rings. The molecule has 2 aliphatic heterocycles. The first-order chi connectivity index (χ1) is 13.3. The van der Waals surface area contributed by atoms with Gasteiger partial charge in [-0.1, -0.05) is 11.6 Å². The van der Waals surface area contributed by atoms with Crippen LogP contribution in [0.5, 0.6) is 5.75 Å². The fourth-order valence-electron chi connectivity index (χ4n) is 3.60. The second-order valence-corrected chi connectivity index (χ2v) is 7.58. The second kappa shape index (κ2) is 6.61. The van der Waals surface area contributed by atoms with Crippen LogP contribution < -0.4 is 20.7 Å². The normalized spacial score (nSPS) is 24.9. The van der Waals surface area contributed by atoms with Gasteiger partial charge in [-0.2, -0.15) is 0 Å². The first kappa shape index (κ1) is 18.5. The van der Waals surface area contributed by atoms with E-state index in [0.29, 0.717) is 27.1 Å². The summed E-state index contributed by atoms with van der Waals surface area (Å²) in [5.41, 5.74) is -0.128. The summed E-state index contributed by atoms with van der Waals surface area (Å²) in [5.74, 6) is -0.616. The van der Waals surface area contributed by atoms with Crippen LogP contribution in [0.2, 0.25) is 5.02 Å². The first-order valence-electron chi connectivity index (χ1n) is 8.39. The molecule has 0 aliphatic carbocycles. The van der Waals surface area contributed by atoms with Crippen LogP contribution in [0.4, 0.5) is 11.4 Å². The largest absolute Gasteiger partial charge is 0.467 e. The Balaban J connectivity index is 1.73. The highest BCUT2D eigenvalue weighted by atomic mass is 35.5. The van der Waals surface area contributed by atoms with Crippen molar-refractivity contribution < 1.29 is 14.5 Å². The number of nitrogens with zero attached hydrogens (tertiary/aromatic N) is 1. The second-order valence-electron chi connectivity index (χ2n) is 6.74. The quantitative estimate of drug-likeness (QED) is 0.399. The van der Waals surface area contributed by atoms with Gasteiger partial charge in [-0.15, -0.1) is 0 Å². The lowest BCUT2D eigenvalue weighted by Gasteiger charge is -2.50. The molecule has 0 saturated carbocycles. The zero-order valence-electron chi connectivity index (χ0n) is 14.6. The number of nitrogens with one attached hydrogen (secondary N) is 3. The van der Waals surface area contributed by atoms with Gasteiger partial charge < -0.3 is 20.7 Å². The van der Waals surface area contributed by atoms with Crippen molar-refractivity contribution in [3.05, 3.63) is 63.2 Å². The minimum absolute atomic E-state index is 0.0888. The number of fused-ring (bicyclic) bond motifs is 4. The Kier molecular flexibility index (Phi) is 4.35. The van der Waals surface area contributed by atoms with E-state index in [0.717, 1.165) is 0 Å². The minimum Gasteiger partial charge on any atom is -0.467 e. The van der Waals surface area contributed by atoms with Crippen LogP contribution in [-0.2, 0) is 4.79 Å². The molecule has 2 heterocycles. The highest BCUT2D eigenvalue weighted by molar-refractivity contribution is 7.80. The van der Waals surface area contributed by atoms with E-state index in [4.69, 9.17) is 28.6 Å². The topological polar surface area (TPSA) is 106 Å². The molecule has 3 atom stereocenters. The number of anilines is 1. The molecule has 10 heteroatoms. The number of nitro groups is 1. The average Bonchev–Trinajstić information content (AvgIpc) is 2.62. The summed E-state index contributed by atoms with van der Waals surface area (Å²) in [7, 11) is 0. The maximum Gasteiger partial charge on any atom is 0.270 e. The van der Waals surface area contributed by atoms with E-state index in [1.165, 1.54) is 18.2 Å². The summed E-state index contributed by atoms with van der Waals surface area (Å²) < 4.78 is 6.04. The van der Waals surface area contributed by atoms with Crippen LogP contribution in [0.1, 0.15) is 18.5 Å². The first-order valence-corrected chi connectivity index (χ1v) is 9.18. The summed E-state index contributed by atoms with van der Waals surface area (Å²) in [6, 6.07) is 10.4. The molecule has 1 fully saturated rings. The van der Waals surface area contributed by atoms with Gasteiger partial charge in [0.2, 0.25) is 5.91 Å². The maximum atomic E-state index is 13.1. The zero-order valence-corrected chi connectivity index (χ0v) is 16.1. The van der Waals surface area contributed by atoms with Crippen LogP contribution in [0.25, 0.3) is 0 Å². The lowest BCUT2D eigenvalue weighted by Crippen LogP contribution is -2.70. The summed E-state index contributed by atoms with van der Waals surface area (Å²) >= 11 is 11.1. The molecule has 0 aromatic heterocycles. The predicted octanol–water partition coefficient (Wildman–Crippen LogP) is 3.13.